The van der Waals surface area contributed by atoms with Gasteiger partial charge >= 0.3 is 0 Å². The van der Waals surface area contributed by atoms with Crippen LogP contribution in [0.1, 0.15) is 38.2 Å². The van der Waals surface area contributed by atoms with Crippen LogP contribution in [0.15, 0.2) is 16.5 Å². The van der Waals surface area contributed by atoms with Gasteiger partial charge < -0.3 is 14.6 Å². The standard InChI is InChI=1S/C15H22N2O3/c1-10(2)8-16-15(19)13-6-7-14(18)17(13)9-12-5-4-11(3)20-12/h4-5,10,13H,6-9H2,1-3H3,(H,16,19). The minimum Gasteiger partial charge on any atom is -0.464 e. The van der Waals surface area contributed by atoms with Crippen molar-refractivity contribution in [2.45, 2.75) is 46.2 Å². The highest BCUT2D eigenvalue weighted by molar-refractivity contribution is 5.90. The van der Waals surface area contributed by atoms with Gasteiger partial charge in [0.15, 0.2) is 0 Å². The monoisotopic (exact) mass is 278 g/mol. The third-order valence-corrected chi connectivity index (χ3v) is 3.44. The van der Waals surface area contributed by atoms with Gasteiger partial charge in [-0.1, -0.05) is 13.8 Å². The molecule has 1 fully saturated rings. The minimum absolute atomic E-state index is 0.0174. The van der Waals surface area contributed by atoms with Crippen molar-refractivity contribution in [3.63, 3.8) is 0 Å². The van der Waals surface area contributed by atoms with Crippen LogP contribution in [-0.4, -0.2) is 29.3 Å². The Bertz CT molecular complexity index is 493. The second kappa shape index (κ2) is 6.11. The number of nitrogens with zero attached hydrogens (tertiary/aromatic N) is 1. The lowest BCUT2D eigenvalue weighted by atomic mass is 10.2. The summed E-state index contributed by atoms with van der Waals surface area (Å²) in [5.41, 5.74) is 0. The molecular formula is C15H22N2O3. The zero-order valence-corrected chi connectivity index (χ0v) is 12.3. The van der Waals surface area contributed by atoms with Crippen LogP contribution < -0.4 is 5.32 Å². The molecule has 20 heavy (non-hydrogen) atoms. The van der Waals surface area contributed by atoms with Gasteiger partial charge in [0.25, 0.3) is 0 Å². The van der Waals surface area contributed by atoms with E-state index in [1.165, 1.54) is 0 Å². The van der Waals surface area contributed by atoms with Crippen LogP contribution >= 0.6 is 0 Å². The summed E-state index contributed by atoms with van der Waals surface area (Å²) in [4.78, 5) is 25.7. The maximum atomic E-state index is 12.2. The van der Waals surface area contributed by atoms with E-state index in [0.29, 0.717) is 31.8 Å². The van der Waals surface area contributed by atoms with E-state index in [-0.39, 0.29) is 17.9 Å². The van der Waals surface area contributed by atoms with Crippen molar-refractivity contribution >= 4 is 11.8 Å². The molecule has 110 valence electrons. The molecule has 5 heteroatoms. The second-order valence-corrected chi connectivity index (χ2v) is 5.73. The molecular weight excluding hydrogens is 256 g/mol. The summed E-state index contributed by atoms with van der Waals surface area (Å²) in [7, 11) is 0. The summed E-state index contributed by atoms with van der Waals surface area (Å²) in [6.45, 7) is 6.96. The summed E-state index contributed by atoms with van der Waals surface area (Å²) in [6, 6.07) is 3.35. The first-order valence-corrected chi connectivity index (χ1v) is 7.10. The molecule has 2 rings (SSSR count). The number of nitrogens with one attached hydrogen (secondary N) is 1. The summed E-state index contributed by atoms with van der Waals surface area (Å²) in [5.74, 6) is 1.89. The summed E-state index contributed by atoms with van der Waals surface area (Å²) >= 11 is 0. The SMILES string of the molecule is Cc1ccc(CN2C(=O)CCC2C(=O)NCC(C)C)o1. The Morgan fingerprint density at radius 2 is 2.25 bits per heavy atom. The fourth-order valence-electron chi connectivity index (χ4n) is 2.36. The highest BCUT2D eigenvalue weighted by Gasteiger charge is 2.36. The predicted molar refractivity (Wildman–Crippen MR) is 74.9 cm³/mol. The molecule has 0 aliphatic carbocycles. The second-order valence-electron chi connectivity index (χ2n) is 5.73. The molecule has 0 spiro atoms. The lowest BCUT2D eigenvalue weighted by Crippen LogP contribution is -2.45. The minimum atomic E-state index is -0.369. The Labute approximate surface area is 119 Å². The van der Waals surface area contributed by atoms with Gasteiger partial charge in [0.05, 0.1) is 6.54 Å². The molecule has 0 aromatic carbocycles. The van der Waals surface area contributed by atoms with Crippen molar-refractivity contribution in [1.29, 1.82) is 0 Å². The summed E-state index contributed by atoms with van der Waals surface area (Å²) in [6.07, 6.45) is 1.02. The number of likely N-dealkylation sites (tertiary alicyclic amines) is 1. The smallest absolute Gasteiger partial charge is 0.242 e. The Hall–Kier alpha value is -1.78. The Morgan fingerprint density at radius 3 is 2.85 bits per heavy atom. The van der Waals surface area contributed by atoms with Crippen LogP contribution in [-0.2, 0) is 16.1 Å². The Morgan fingerprint density at radius 1 is 1.50 bits per heavy atom. The number of hydrogen-bond donors (Lipinski definition) is 1. The van der Waals surface area contributed by atoms with Crippen molar-refractivity contribution in [3.8, 4) is 0 Å². The first-order valence-electron chi connectivity index (χ1n) is 7.10. The summed E-state index contributed by atoms with van der Waals surface area (Å²) in [5, 5.41) is 2.90. The van der Waals surface area contributed by atoms with Crippen molar-refractivity contribution in [2.75, 3.05) is 6.54 Å². The quantitative estimate of drug-likeness (QED) is 0.894. The van der Waals surface area contributed by atoms with Crippen LogP contribution in [0.25, 0.3) is 0 Å². The van der Waals surface area contributed by atoms with E-state index >= 15 is 0 Å². The van der Waals surface area contributed by atoms with Crippen LogP contribution in [0.5, 0.6) is 0 Å². The fraction of sp³-hybridized carbons (Fsp3) is 0.600. The first-order chi connectivity index (χ1) is 9.47. The lowest BCUT2D eigenvalue weighted by Gasteiger charge is -2.23. The molecule has 1 atom stereocenters. The molecule has 5 nitrogen and oxygen atoms in total. The number of aryl methyl sites for hydroxylation is 1. The summed E-state index contributed by atoms with van der Waals surface area (Å²) < 4.78 is 5.49. The third kappa shape index (κ3) is 3.40. The normalized spacial score (nSPS) is 18.9. The van der Waals surface area contributed by atoms with E-state index in [1.54, 1.807) is 4.90 Å². The highest BCUT2D eigenvalue weighted by atomic mass is 16.3. The van der Waals surface area contributed by atoms with Gasteiger partial charge in [-0.15, -0.1) is 0 Å². The number of furan rings is 1. The van der Waals surface area contributed by atoms with Crippen LogP contribution in [0, 0.1) is 12.8 Å². The number of carbonyl (C=O) groups excluding carboxylic acids is 2. The van der Waals surface area contributed by atoms with Crippen molar-refractivity contribution < 1.29 is 14.0 Å². The molecule has 1 aromatic heterocycles. The van der Waals surface area contributed by atoms with E-state index in [1.807, 2.05) is 32.9 Å². The zero-order valence-electron chi connectivity index (χ0n) is 12.3. The van der Waals surface area contributed by atoms with Gasteiger partial charge in [0, 0.05) is 13.0 Å². The average Bonchev–Trinajstić information content (AvgIpc) is 2.95. The molecule has 0 bridgehead atoms. The van der Waals surface area contributed by atoms with Gasteiger partial charge in [-0.3, -0.25) is 9.59 Å². The molecule has 2 heterocycles. The van der Waals surface area contributed by atoms with Gasteiger partial charge in [-0.25, -0.2) is 0 Å². The van der Waals surface area contributed by atoms with Gasteiger partial charge in [-0.05, 0) is 31.4 Å². The molecule has 1 saturated heterocycles. The third-order valence-electron chi connectivity index (χ3n) is 3.44. The first kappa shape index (κ1) is 14.6. The van der Waals surface area contributed by atoms with E-state index in [4.69, 9.17) is 4.42 Å². The topological polar surface area (TPSA) is 62.6 Å². The van der Waals surface area contributed by atoms with Gasteiger partial charge in [0.2, 0.25) is 11.8 Å². The number of hydrogen-bond acceptors (Lipinski definition) is 3. The van der Waals surface area contributed by atoms with Crippen LogP contribution in [0.4, 0.5) is 0 Å². The van der Waals surface area contributed by atoms with Crippen molar-refractivity contribution in [1.82, 2.24) is 10.2 Å². The Kier molecular flexibility index (Phi) is 4.47. The predicted octanol–water partition coefficient (Wildman–Crippen LogP) is 1.85. The van der Waals surface area contributed by atoms with Gasteiger partial charge in [-0.2, -0.15) is 0 Å². The van der Waals surface area contributed by atoms with Crippen molar-refractivity contribution in [3.05, 3.63) is 23.7 Å². The largest absolute Gasteiger partial charge is 0.464 e. The molecule has 0 saturated carbocycles. The number of rotatable bonds is 5. The molecule has 1 aliphatic rings. The molecule has 0 radical (unpaired) electrons. The molecule has 1 aliphatic heterocycles. The van der Waals surface area contributed by atoms with Gasteiger partial charge in [0.1, 0.15) is 17.6 Å². The van der Waals surface area contributed by atoms with E-state index < -0.39 is 0 Å². The maximum absolute atomic E-state index is 12.2. The average molecular weight is 278 g/mol. The highest BCUT2D eigenvalue weighted by Crippen LogP contribution is 2.22. The Balaban J connectivity index is 2.00. The zero-order chi connectivity index (χ0) is 14.7. The van der Waals surface area contributed by atoms with Crippen LogP contribution in [0.2, 0.25) is 0 Å². The lowest BCUT2D eigenvalue weighted by molar-refractivity contribution is -0.136. The molecule has 1 unspecified atom stereocenters. The molecule has 2 amide bonds. The fourth-order valence-corrected chi connectivity index (χ4v) is 2.36. The number of carbonyl (C=O) groups is 2. The molecule has 1 N–H and O–H groups in total. The van der Waals surface area contributed by atoms with E-state index in [0.717, 1.165) is 11.5 Å². The number of amides is 2. The van der Waals surface area contributed by atoms with Crippen LogP contribution in [0.3, 0.4) is 0 Å². The van der Waals surface area contributed by atoms with E-state index in [2.05, 4.69) is 5.32 Å². The molecule has 1 aromatic rings. The maximum Gasteiger partial charge on any atom is 0.242 e. The van der Waals surface area contributed by atoms with Crippen molar-refractivity contribution in [2.24, 2.45) is 5.92 Å². The van der Waals surface area contributed by atoms with E-state index in [9.17, 15) is 9.59 Å².